The van der Waals surface area contributed by atoms with Crippen molar-refractivity contribution in [1.29, 1.82) is 0 Å². The predicted molar refractivity (Wildman–Crippen MR) is 91.3 cm³/mol. The van der Waals surface area contributed by atoms with Crippen molar-refractivity contribution in [1.82, 2.24) is 5.43 Å². The molecule has 138 valence electrons. The molecular formula is C17H12FN3O6. The minimum Gasteiger partial charge on any atom is -0.504 e. The van der Waals surface area contributed by atoms with Gasteiger partial charge in [-0.2, -0.15) is 0 Å². The average molecular weight is 373 g/mol. The minimum absolute atomic E-state index is 0.138. The summed E-state index contributed by atoms with van der Waals surface area (Å²) < 4.78 is 17.9. The summed E-state index contributed by atoms with van der Waals surface area (Å²) in [7, 11) is 1.21. The number of anilines is 1. The largest absolute Gasteiger partial charge is 0.504 e. The third-order valence-corrected chi connectivity index (χ3v) is 3.80. The SMILES string of the molecule is COc1cc([N+](=O)[O-])cc(/C=C2\C(=O)NN(c3ccc(F)cc3)C2=O)c1O. The number of nitro groups is 1. The Kier molecular flexibility index (Phi) is 4.46. The van der Waals surface area contributed by atoms with Crippen LogP contribution in [0.1, 0.15) is 5.56 Å². The zero-order valence-electron chi connectivity index (χ0n) is 13.8. The predicted octanol–water partition coefficient (Wildman–Crippen LogP) is 1.91. The number of nitro benzene ring substituents is 1. The Morgan fingerprint density at radius 2 is 1.93 bits per heavy atom. The van der Waals surface area contributed by atoms with E-state index >= 15 is 0 Å². The fourth-order valence-corrected chi connectivity index (χ4v) is 2.47. The number of phenols is 1. The maximum Gasteiger partial charge on any atom is 0.282 e. The number of ether oxygens (including phenoxy) is 1. The van der Waals surface area contributed by atoms with Gasteiger partial charge in [-0.05, 0) is 30.3 Å². The summed E-state index contributed by atoms with van der Waals surface area (Å²) in [6, 6.07) is 6.85. The van der Waals surface area contributed by atoms with E-state index < -0.39 is 34.0 Å². The molecule has 1 fully saturated rings. The van der Waals surface area contributed by atoms with Gasteiger partial charge in [-0.3, -0.25) is 25.1 Å². The molecule has 2 aromatic carbocycles. The minimum atomic E-state index is -0.783. The Hall–Kier alpha value is -3.95. The molecule has 2 amide bonds. The van der Waals surface area contributed by atoms with E-state index in [0.29, 0.717) is 0 Å². The number of methoxy groups -OCH3 is 1. The molecular weight excluding hydrogens is 361 g/mol. The number of carbonyl (C=O) groups excluding carboxylic acids is 2. The highest BCUT2D eigenvalue weighted by atomic mass is 19.1. The zero-order valence-corrected chi connectivity index (χ0v) is 13.8. The monoisotopic (exact) mass is 373 g/mol. The van der Waals surface area contributed by atoms with Crippen LogP contribution in [-0.2, 0) is 9.59 Å². The van der Waals surface area contributed by atoms with Crippen LogP contribution in [0.4, 0.5) is 15.8 Å². The van der Waals surface area contributed by atoms with E-state index in [1.807, 2.05) is 0 Å². The van der Waals surface area contributed by atoms with Crippen LogP contribution in [0.25, 0.3) is 6.08 Å². The molecule has 1 aliphatic rings. The van der Waals surface area contributed by atoms with Crippen molar-refractivity contribution in [2.75, 3.05) is 12.1 Å². The average Bonchev–Trinajstić information content (AvgIpc) is 2.92. The van der Waals surface area contributed by atoms with Gasteiger partial charge in [0.2, 0.25) is 0 Å². The summed E-state index contributed by atoms with van der Waals surface area (Å²) >= 11 is 0. The molecule has 27 heavy (non-hydrogen) atoms. The number of hydrazine groups is 1. The topological polar surface area (TPSA) is 122 Å². The summed E-state index contributed by atoms with van der Waals surface area (Å²) in [5.74, 6) is -2.71. The molecule has 1 heterocycles. The molecule has 3 rings (SSSR count). The van der Waals surface area contributed by atoms with Gasteiger partial charge in [-0.15, -0.1) is 0 Å². The number of hydrogen-bond acceptors (Lipinski definition) is 6. The molecule has 9 nitrogen and oxygen atoms in total. The second-order valence-electron chi connectivity index (χ2n) is 5.46. The molecule has 0 spiro atoms. The van der Waals surface area contributed by atoms with Crippen LogP contribution in [0, 0.1) is 15.9 Å². The number of phenolic OH excluding ortho intramolecular Hbond substituents is 1. The van der Waals surface area contributed by atoms with Crippen LogP contribution in [0.15, 0.2) is 42.0 Å². The standard InChI is InChI=1S/C17H12FN3O6/c1-27-14-8-12(21(25)26)6-9(15(14)22)7-13-16(23)19-20(17(13)24)11-4-2-10(18)3-5-11/h2-8,22H,1H3,(H,19,23)/b13-7+. The van der Waals surface area contributed by atoms with Gasteiger partial charge in [0.05, 0.1) is 23.8 Å². The lowest BCUT2D eigenvalue weighted by molar-refractivity contribution is -0.385. The van der Waals surface area contributed by atoms with E-state index in [9.17, 15) is 29.2 Å². The van der Waals surface area contributed by atoms with Gasteiger partial charge in [0.25, 0.3) is 17.5 Å². The first-order chi connectivity index (χ1) is 12.8. The number of amides is 2. The van der Waals surface area contributed by atoms with Crippen molar-refractivity contribution in [2.45, 2.75) is 0 Å². The molecule has 1 saturated heterocycles. The highest BCUT2D eigenvalue weighted by Gasteiger charge is 2.35. The molecule has 0 saturated carbocycles. The smallest absolute Gasteiger partial charge is 0.282 e. The van der Waals surface area contributed by atoms with Crippen molar-refractivity contribution in [3.63, 3.8) is 0 Å². The summed E-state index contributed by atoms with van der Waals surface area (Å²) in [5.41, 5.74) is 1.63. The number of nitrogens with zero attached hydrogens (tertiary/aromatic N) is 2. The van der Waals surface area contributed by atoms with Gasteiger partial charge in [0, 0.05) is 11.6 Å². The Balaban J connectivity index is 2.03. The first-order valence-corrected chi connectivity index (χ1v) is 7.50. The van der Waals surface area contributed by atoms with Gasteiger partial charge < -0.3 is 9.84 Å². The molecule has 0 aromatic heterocycles. The van der Waals surface area contributed by atoms with E-state index in [2.05, 4.69) is 5.43 Å². The first-order valence-electron chi connectivity index (χ1n) is 7.50. The maximum atomic E-state index is 13.0. The highest BCUT2D eigenvalue weighted by molar-refractivity contribution is 6.31. The third kappa shape index (κ3) is 3.27. The van der Waals surface area contributed by atoms with Crippen LogP contribution in [-0.4, -0.2) is 29.0 Å². The number of nitrogens with one attached hydrogen (secondary N) is 1. The maximum absolute atomic E-state index is 13.0. The Labute approximate surface area is 151 Å². The molecule has 0 bridgehead atoms. The van der Waals surface area contributed by atoms with Gasteiger partial charge in [0.15, 0.2) is 11.5 Å². The molecule has 2 aromatic rings. The molecule has 1 aliphatic heterocycles. The summed E-state index contributed by atoms with van der Waals surface area (Å²) in [5, 5.41) is 22.1. The van der Waals surface area contributed by atoms with E-state index in [0.717, 1.165) is 35.4 Å². The molecule has 10 heteroatoms. The van der Waals surface area contributed by atoms with Crippen LogP contribution in [0.2, 0.25) is 0 Å². The van der Waals surface area contributed by atoms with Crippen molar-refractivity contribution in [2.24, 2.45) is 0 Å². The Bertz CT molecular complexity index is 987. The lowest BCUT2D eigenvalue weighted by Crippen LogP contribution is -2.35. The van der Waals surface area contributed by atoms with Crippen molar-refractivity contribution < 1.29 is 28.7 Å². The molecule has 0 atom stereocenters. The van der Waals surface area contributed by atoms with E-state index in [4.69, 9.17) is 4.74 Å². The summed E-state index contributed by atoms with van der Waals surface area (Å²) in [4.78, 5) is 35.0. The lowest BCUT2D eigenvalue weighted by atomic mass is 10.1. The molecule has 0 aliphatic carbocycles. The molecule has 2 N–H and O–H groups in total. The molecule has 0 unspecified atom stereocenters. The second kappa shape index (κ2) is 6.75. The Morgan fingerprint density at radius 3 is 2.52 bits per heavy atom. The number of benzene rings is 2. The third-order valence-electron chi connectivity index (χ3n) is 3.80. The fourth-order valence-electron chi connectivity index (χ4n) is 2.47. The van der Waals surface area contributed by atoms with Crippen LogP contribution in [0.5, 0.6) is 11.5 Å². The Morgan fingerprint density at radius 1 is 1.26 bits per heavy atom. The summed E-state index contributed by atoms with van der Waals surface area (Å²) in [6.45, 7) is 0. The van der Waals surface area contributed by atoms with E-state index in [-0.39, 0.29) is 22.6 Å². The normalized spacial score (nSPS) is 15.2. The number of halogens is 1. The van der Waals surface area contributed by atoms with Crippen LogP contribution < -0.4 is 15.2 Å². The lowest BCUT2D eigenvalue weighted by Gasteiger charge is -2.14. The van der Waals surface area contributed by atoms with Crippen molar-refractivity contribution in [3.8, 4) is 11.5 Å². The van der Waals surface area contributed by atoms with Gasteiger partial charge in [-0.25, -0.2) is 9.40 Å². The highest BCUT2D eigenvalue weighted by Crippen LogP contribution is 2.36. The number of hydrogen-bond donors (Lipinski definition) is 2. The first kappa shape index (κ1) is 17.9. The van der Waals surface area contributed by atoms with Gasteiger partial charge in [-0.1, -0.05) is 0 Å². The number of aromatic hydroxyl groups is 1. The molecule has 0 radical (unpaired) electrons. The number of carbonyl (C=O) groups is 2. The van der Waals surface area contributed by atoms with Crippen LogP contribution >= 0.6 is 0 Å². The second-order valence-corrected chi connectivity index (χ2v) is 5.46. The van der Waals surface area contributed by atoms with Crippen molar-refractivity contribution >= 4 is 29.3 Å². The van der Waals surface area contributed by atoms with Crippen LogP contribution in [0.3, 0.4) is 0 Å². The van der Waals surface area contributed by atoms with E-state index in [1.165, 1.54) is 19.2 Å². The van der Waals surface area contributed by atoms with Gasteiger partial charge >= 0.3 is 0 Å². The van der Waals surface area contributed by atoms with Gasteiger partial charge in [0.1, 0.15) is 11.4 Å². The number of rotatable bonds is 4. The number of non-ortho nitro benzene ring substituents is 1. The quantitative estimate of drug-likeness (QED) is 0.365. The zero-order chi connectivity index (χ0) is 19.7. The van der Waals surface area contributed by atoms with E-state index in [1.54, 1.807) is 0 Å². The van der Waals surface area contributed by atoms with Crippen molar-refractivity contribution in [3.05, 3.63) is 63.5 Å². The fraction of sp³-hybridized carbons (Fsp3) is 0.0588. The summed E-state index contributed by atoms with van der Waals surface area (Å²) in [6.07, 6.45) is 1.02.